The van der Waals surface area contributed by atoms with E-state index in [1.54, 1.807) is 0 Å². The van der Waals surface area contributed by atoms with Gasteiger partial charge in [0.1, 0.15) is 15.5 Å². The normalized spacial score (nSPS) is 29.3. The molecule has 196 valence electrons. The molecule has 2 fully saturated rings. The molecule has 1 spiro atoms. The molecule has 4 unspecified atom stereocenters. The number of nitrogen functional groups attached to an aromatic ring is 1. The number of rotatable bonds is 3. The van der Waals surface area contributed by atoms with Gasteiger partial charge in [-0.05, 0) is 70.2 Å². The fourth-order valence-electron chi connectivity index (χ4n) is 5.88. The molecular weight excluding hydrogens is 488 g/mol. The Balaban J connectivity index is 1.15. The third-order valence-electron chi connectivity index (χ3n) is 7.96. The van der Waals surface area contributed by atoms with Crippen LogP contribution in [-0.2, 0) is 22.3 Å². The maximum Gasteiger partial charge on any atom is 0.263 e. The second-order valence-corrected chi connectivity index (χ2v) is 11.7. The van der Waals surface area contributed by atoms with Crippen LogP contribution in [-0.4, -0.2) is 59.0 Å². The van der Waals surface area contributed by atoms with E-state index in [0.29, 0.717) is 23.7 Å². The molecule has 3 aliphatic rings. The van der Waals surface area contributed by atoms with Crippen LogP contribution in [0.5, 0.6) is 0 Å². The summed E-state index contributed by atoms with van der Waals surface area (Å²) in [5, 5.41) is 4.09. The monoisotopic (exact) mass is 522 g/mol. The van der Waals surface area contributed by atoms with Crippen LogP contribution in [0.2, 0.25) is 0 Å². The lowest BCUT2D eigenvalue weighted by molar-refractivity contribution is -0.164. The third kappa shape index (κ3) is 4.16. The van der Waals surface area contributed by atoms with E-state index < -0.39 is 5.79 Å². The SMILES string of the molecule is Cc1cc(C)c2c(N)c(C(=O)NC3CCc4nc(N5CC(N)C6(C5)OC(C)C(C)O6)ccc4C3)sc2n1. The summed E-state index contributed by atoms with van der Waals surface area (Å²) in [7, 11) is 0. The van der Waals surface area contributed by atoms with Crippen LogP contribution in [0.25, 0.3) is 10.2 Å². The van der Waals surface area contributed by atoms with E-state index in [4.69, 9.17) is 25.9 Å². The predicted octanol–water partition coefficient (Wildman–Crippen LogP) is 2.85. The molecule has 37 heavy (non-hydrogen) atoms. The van der Waals surface area contributed by atoms with Crippen LogP contribution in [0.4, 0.5) is 11.5 Å². The Hall–Kier alpha value is -2.79. The van der Waals surface area contributed by atoms with Gasteiger partial charge in [0.05, 0.1) is 30.5 Å². The Morgan fingerprint density at radius 3 is 2.73 bits per heavy atom. The van der Waals surface area contributed by atoms with Gasteiger partial charge in [-0.25, -0.2) is 9.97 Å². The summed E-state index contributed by atoms with van der Waals surface area (Å²) in [6.07, 6.45) is 2.38. The zero-order valence-corrected chi connectivity index (χ0v) is 22.5. The van der Waals surface area contributed by atoms with Gasteiger partial charge in [-0.1, -0.05) is 6.07 Å². The fourth-order valence-corrected chi connectivity index (χ4v) is 7.00. The first kappa shape index (κ1) is 24.5. The first-order chi connectivity index (χ1) is 17.6. The minimum atomic E-state index is -0.771. The van der Waals surface area contributed by atoms with Crippen molar-refractivity contribution >= 4 is 39.0 Å². The van der Waals surface area contributed by atoms with Crippen LogP contribution in [0.1, 0.15) is 52.5 Å². The van der Waals surface area contributed by atoms with Gasteiger partial charge in [-0.15, -0.1) is 11.3 Å². The summed E-state index contributed by atoms with van der Waals surface area (Å²) in [6.45, 7) is 9.20. The number of hydrogen-bond donors (Lipinski definition) is 3. The number of anilines is 2. The number of ether oxygens (including phenoxy) is 2. The van der Waals surface area contributed by atoms with E-state index >= 15 is 0 Å². The van der Waals surface area contributed by atoms with Crippen molar-refractivity contribution in [2.24, 2.45) is 5.73 Å². The topological polar surface area (TPSA) is 129 Å². The lowest BCUT2D eigenvalue weighted by Gasteiger charge is -2.27. The minimum Gasteiger partial charge on any atom is -0.397 e. The van der Waals surface area contributed by atoms with Crippen molar-refractivity contribution in [1.82, 2.24) is 15.3 Å². The number of nitrogens with two attached hydrogens (primary N) is 2. The lowest BCUT2D eigenvalue weighted by Crippen LogP contribution is -2.48. The first-order valence-corrected chi connectivity index (χ1v) is 13.8. The molecule has 2 saturated heterocycles. The zero-order chi connectivity index (χ0) is 26.1. The Labute approximate surface area is 220 Å². The molecule has 0 bridgehead atoms. The molecule has 2 aliphatic heterocycles. The summed E-state index contributed by atoms with van der Waals surface area (Å²) in [4.78, 5) is 26.2. The van der Waals surface area contributed by atoms with Crippen LogP contribution in [0.3, 0.4) is 0 Å². The number of amides is 1. The third-order valence-corrected chi connectivity index (χ3v) is 9.06. The molecule has 6 rings (SSSR count). The molecular formula is C27H34N6O3S. The van der Waals surface area contributed by atoms with Gasteiger partial charge in [-0.2, -0.15) is 0 Å². The fraction of sp³-hybridized carbons (Fsp3) is 0.519. The number of hydrogen-bond acceptors (Lipinski definition) is 9. The second kappa shape index (κ2) is 8.90. The number of aryl methyl sites for hydroxylation is 3. The summed E-state index contributed by atoms with van der Waals surface area (Å²) in [6, 6.07) is 5.95. The Morgan fingerprint density at radius 1 is 1.22 bits per heavy atom. The number of carbonyl (C=O) groups is 1. The average molecular weight is 523 g/mol. The molecule has 9 nitrogen and oxygen atoms in total. The van der Waals surface area contributed by atoms with Crippen molar-refractivity contribution in [1.29, 1.82) is 0 Å². The molecule has 3 aromatic rings. The number of aromatic nitrogens is 2. The first-order valence-electron chi connectivity index (χ1n) is 13.0. The van der Waals surface area contributed by atoms with E-state index in [9.17, 15) is 4.79 Å². The highest BCUT2D eigenvalue weighted by Gasteiger charge is 2.54. The molecule has 10 heteroatoms. The molecule has 1 amide bonds. The van der Waals surface area contributed by atoms with Crippen molar-refractivity contribution < 1.29 is 14.3 Å². The van der Waals surface area contributed by atoms with E-state index in [2.05, 4.69) is 21.3 Å². The second-order valence-electron chi connectivity index (χ2n) is 10.7. The molecule has 0 saturated carbocycles. The maximum absolute atomic E-state index is 13.2. The summed E-state index contributed by atoms with van der Waals surface area (Å²) >= 11 is 1.36. The quantitative estimate of drug-likeness (QED) is 0.479. The highest BCUT2D eigenvalue weighted by atomic mass is 32.1. The number of pyridine rings is 2. The molecule has 3 aromatic heterocycles. The van der Waals surface area contributed by atoms with Gasteiger partial charge in [0.15, 0.2) is 0 Å². The van der Waals surface area contributed by atoms with Crippen molar-refractivity contribution in [2.45, 2.75) is 77.0 Å². The average Bonchev–Trinajstić information content (AvgIpc) is 3.45. The number of nitrogens with one attached hydrogen (secondary N) is 1. The number of carbonyl (C=O) groups excluding carboxylic acids is 1. The number of fused-ring (bicyclic) bond motifs is 2. The summed E-state index contributed by atoms with van der Waals surface area (Å²) in [5.74, 6) is -0.0105. The van der Waals surface area contributed by atoms with Crippen LogP contribution >= 0.6 is 11.3 Å². The minimum absolute atomic E-state index is 0.0157. The molecule has 5 heterocycles. The number of nitrogens with zero attached hydrogens (tertiary/aromatic N) is 3. The molecule has 1 aliphatic carbocycles. The van der Waals surface area contributed by atoms with Crippen molar-refractivity contribution in [3.8, 4) is 0 Å². The van der Waals surface area contributed by atoms with Crippen molar-refractivity contribution in [3.63, 3.8) is 0 Å². The maximum atomic E-state index is 13.2. The van der Waals surface area contributed by atoms with Gasteiger partial charge in [0.25, 0.3) is 5.91 Å². The van der Waals surface area contributed by atoms with E-state index in [-0.39, 0.29) is 30.2 Å². The lowest BCUT2D eigenvalue weighted by atomic mass is 9.91. The van der Waals surface area contributed by atoms with Gasteiger partial charge in [-0.3, -0.25) is 4.79 Å². The van der Waals surface area contributed by atoms with E-state index in [1.807, 2.05) is 39.8 Å². The molecule has 4 atom stereocenters. The molecule has 0 radical (unpaired) electrons. The highest BCUT2D eigenvalue weighted by Crippen LogP contribution is 2.38. The predicted molar refractivity (Wildman–Crippen MR) is 145 cm³/mol. The van der Waals surface area contributed by atoms with Crippen LogP contribution in [0.15, 0.2) is 18.2 Å². The van der Waals surface area contributed by atoms with Gasteiger partial charge in [0.2, 0.25) is 5.79 Å². The zero-order valence-electron chi connectivity index (χ0n) is 21.7. The molecule has 0 aromatic carbocycles. The van der Waals surface area contributed by atoms with Crippen molar-refractivity contribution in [3.05, 3.63) is 45.6 Å². The smallest absolute Gasteiger partial charge is 0.263 e. The van der Waals surface area contributed by atoms with Crippen LogP contribution in [0, 0.1) is 13.8 Å². The molecule has 5 N–H and O–H groups in total. The van der Waals surface area contributed by atoms with Gasteiger partial charge in [0, 0.05) is 29.4 Å². The van der Waals surface area contributed by atoms with Crippen LogP contribution < -0.4 is 21.7 Å². The standard InChI is InChI=1S/C27H34N6O3S/c1-13-9-14(2)30-26-22(13)23(29)24(37-26)25(34)31-18-6-7-19-17(10-18)5-8-21(32-19)33-11-20(28)27(12-33)35-15(3)16(4)36-27/h5,8-9,15-16,18,20H,6-7,10-12,28-29H2,1-4H3,(H,31,34). The summed E-state index contributed by atoms with van der Waals surface area (Å²) in [5.41, 5.74) is 17.6. The van der Waals surface area contributed by atoms with Crippen molar-refractivity contribution in [2.75, 3.05) is 23.7 Å². The van der Waals surface area contributed by atoms with Gasteiger partial charge < -0.3 is 31.2 Å². The Bertz CT molecular complexity index is 1380. The highest BCUT2D eigenvalue weighted by molar-refractivity contribution is 7.21. The van der Waals surface area contributed by atoms with E-state index in [0.717, 1.165) is 57.8 Å². The number of thiophene rings is 1. The summed E-state index contributed by atoms with van der Waals surface area (Å²) < 4.78 is 12.3. The Morgan fingerprint density at radius 2 is 1.97 bits per heavy atom. The Kier molecular flexibility index (Phi) is 5.91. The van der Waals surface area contributed by atoms with Gasteiger partial charge >= 0.3 is 0 Å². The van der Waals surface area contributed by atoms with E-state index in [1.165, 1.54) is 11.3 Å². The largest absolute Gasteiger partial charge is 0.397 e.